The highest BCUT2D eigenvalue weighted by molar-refractivity contribution is 6.04. The summed E-state index contributed by atoms with van der Waals surface area (Å²) in [5.41, 5.74) is 0.880. The van der Waals surface area contributed by atoms with E-state index < -0.39 is 0 Å². The van der Waals surface area contributed by atoms with E-state index in [2.05, 4.69) is 16.5 Å². The summed E-state index contributed by atoms with van der Waals surface area (Å²) in [6, 6.07) is 0. The summed E-state index contributed by atoms with van der Waals surface area (Å²) in [7, 11) is 0. The molecule has 50 valence electrons. The molecule has 0 atom stereocenters. The van der Waals surface area contributed by atoms with E-state index in [0.29, 0.717) is 17.6 Å². The van der Waals surface area contributed by atoms with Gasteiger partial charge in [-0.2, -0.15) is 0 Å². The average Bonchev–Trinajstić information content (AvgIpc) is 2.05. The van der Waals surface area contributed by atoms with Crippen LogP contribution in [0.15, 0.2) is 25.2 Å². The van der Waals surface area contributed by atoms with Crippen molar-refractivity contribution in [2.75, 3.05) is 0 Å². The number of carbonyl (C=O) groups excluding carboxylic acids is 1. The van der Waals surface area contributed by atoms with Gasteiger partial charge in [-0.15, -0.1) is 0 Å². The molecule has 0 aliphatic carbocycles. The number of hydrogen-bond acceptors (Lipinski definition) is 3. The number of aromatic nitrogens is 2. The Bertz CT molecular complexity index is 243. The molecule has 0 N–H and O–H groups in total. The maximum Gasteiger partial charge on any atom is 0.151 e. The molecule has 0 spiro atoms. The lowest BCUT2D eigenvalue weighted by Crippen LogP contribution is -1.88. The maximum absolute atomic E-state index is 10.1. The summed E-state index contributed by atoms with van der Waals surface area (Å²) >= 11 is 0. The molecule has 0 aliphatic rings. The van der Waals surface area contributed by atoms with Gasteiger partial charge in [-0.3, -0.25) is 14.8 Å². The van der Waals surface area contributed by atoms with Crippen LogP contribution in [0.25, 0.3) is 5.57 Å². The highest BCUT2D eigenvalue weighted by Gasteiger charge is 1.95. The van der Waals surface area contributed by atoms with Crippen LogP contribution in [-0.4, -0.2) is 16.3 Å². The molecule has 0 radical (unpaired) electrons. The van der Waals surface area contributed by atoms with Crippen molar-refractivity contribution in [3.05, 3.63) is 30.9 Å². The molecule has 1 rings (SSSR count). The predicted molar refractivity (Wildman–Crippen MR) is 37.1 cm³/mol. The average molecular weight is 134 g/mol. The largest absolute Gasteiger partial charge is 0.298 e. The Morgan fingerprint density at radius 2 is 2.40 bits per heavy atom. The van der Waals surface area contributed by atoms with Crippen molar-refractivity contribution in [2.24, 2.45) is 0 Å². The molecule has 0 amide bonds. The van der Waals surface area contributed by atoms with Gasteiger partial charge >= 0.3 is 0 Å². The van der Waals surface area contributed by atoms with Crippen molar-refractivity contribution in [2.45, 2.75) is 0 Å². The van der Waals surface area contributed by atoms with E-state index in [-0.39, 0.29) is 0 Å². The first-order valence-electron chi connectivity index (χ1n) is 2.75. The van der Waals surface area contributed by atoms with E-state index in [9.17, 15) is 4.79 Å². The normalized spacial score (nSPS) is 8.80. The zero-order valence-corrected chi connectivity index (χ0v) is 5.32. The molecule has 0 fully saturated rings. The Balaban J connectivity index is 2.95. The third-order valence-electron chi connectivity index (χ3n) is 1.03. The van der Waals surface area contributed by atoms with Gasteiger partial charge in [-0.1, -0.05) is 6.58 Å². The molecule has 0 unspecified atom stereocenters. The molecular formula is C7H6N2O. The summed E-state index contributed by atoms with van der Waals surface area (Å²) in [5, 5.41) is 0. The van der Waals surface area contributed by atoms with Crippen molar-refractivity contribution in [1.29, 1.82) is 0 Å². The molecule has 3 heteroatoms. The van der Waals surface area contributed by atoms with Gasteiger partial charge in [0.25, 0.3) is 0 Å². The smallest absolute Gasteiger partial charge is 0.151 e. The lowest BCUT2D eigenvalue weighted by atomic mass is 10.2. The fourth-order valence-corrected chi connectivity index (χ4v) is 0.525. The van der Waals surface area contributed by atoms with E-state index in [4.69, 9.17) is 0 Å². The monoisotopic (exact) mass is 134 g/mol. The van der Waals surface area contributed by atoms with Gasteiger partial charge in [0.15, 0.2) is 6.29 Å². The van der Waals surface area contributed by atoms with Crippen molar-refractivity contribution in [3.8, 4) is 0 Å². The molecule has 0 aromatic carbocycles. The fourth-order valence-electron chi connectivity index (χ4n) is 0.525. The summed E-state index contributed by atoms with van der Waals surface area (Å²) < 4.78 is 0. The quantitative estimate of drug-likeness (QED) is 0.441. The molecule has 1 aromatic heterocycles. The van der Waals surface area contributed by atoms with Crippen LogP contribution >= 0.6 is 0 Å². The number of allylic oxidation sites excluding steroid dienone is 1. The van der Waals surface area contributed by atoms with Gasteiger partial charge in [-0.25, -0.2) is 0 Å². The van der Waals surface area contributed by atoms with Crippen LogP contribution in [0.2, 0.25) is 0 Å². The number of hydrogen-bond donors (Lipinski definition) is 0. The van der Waals surface area contributed by atoms with Crippen molar-refractivity contribution >= 4 is 11.9 Å². The maximum atomic E-state index is 10.1. The lowest BCUT2D eigenvalue weighted by Gasteiger charge is -1.91. The van der Waals surface area contributed by atoms with E-state index in [1.807, 2.05) is 0 Å². The van der Waals surface area contributed by atoms with Gasteiger partial charge in [0.2, 0.25) is 0 Å². The summed E-state index contributed by atoms with van der Waals surface area (Å²) in [5.74, 6) is 0. The second-order valence-electron chi connectivity index (χ2n) is 1.73. The van der Waals surface area contributed by atoms with Crippen LogP contribution in [0.5, 0.6) is 0 Å². The summed E-state index contributed by atoms with van der Waals surface area (Å²) in [6.07, 6.45) is 5.21. The first-order valence-corrected chi connectivity index (χ1v) is 2.75. The van der Waals surface area contributed by atoms with E-state index in [1.54, 1.807) is 6.20 Å². The van der Waals surface area contributed by atoms with Gasteiger partial charge in [0.1, 0.15) is 0 Å². The Labute approximate surface area is 58.4 Å². The zero-order chi connectivity index (χ0) is 7.40. The summed E-state index contributed by atoms with van der Waals surface area (Å²) in [6.45, 7) is 3.47. The predicted octanol–water partition coefficient (Wildman–Crippen LogP) is 0.689. The standard InChI is InChI=1S/C7H6N2O/c1-6(5-10)7-4-8-2-3-9-7/h2-5H,1H2. The zero-order valence-electron chi connectivity index (χ0n) is 5.32. The SMILES string of the molecule is C=C(C=O)c1cnccn1. The van der Waals surface area contributed by atoms with Gasteiger partial charge < -0.3 is 0 Å². The van der Waals surface area contributed by atoms with Crippen LogP contribution in [0.3, 0.4) is 0 Å². The second kappa shape index (κ2) is 2.87. The van der Waals surface area contributed by atoms with Crippen LogP contribution in [0.1, 0.15) is 5.69 Å². The molecule has 0 bridgehead atoms. The molecule has 0 saturated carbocycles. The minimum Gasteiger partial charge on any atom is -0.298 e. The van der Waals surface area contributed by atoms with Crippen molar-refractivity contribution in [3.63, 3.8) is 0 Å². The van der Waals surface area contributed by atoms with E-state index in [0.717, 1.165) is 0 Å². The highest BCUT2D eigenvalue weighted by atomic mass is 16.1. The molecule has 0 aliphatic heterocycles. The lowest BCUT2D eigenvalue weighted by molar-refractivity contribution is -0.103. The fraction of sp³-hybridized carbons (Fsp3) is 0. The van der Waals surface area contributed by atoms with E-state index >= 15 is 0 Å². The molecular weight excluding hydrogens is 128 g/mol. The van der Waals surface area contributed by atoms with Gasteiger partial charge in [-0.05, 0) is 0 Å². The topological polar surface area (TPSA) is 42.9 Å². The molecule has 1 heterocycles. The van der Waals surface area contributed by atoms with Crippen molar-refractivity contribution in [1.82, 2.24) is 9.97 Å². The number of nitrogens with zero attached hydrogens (tertiary/aromatic N) is 2. The Morgan fingerprint density at radius 3 is 2.90 bits per heavy atom. The minimum absolute atomic E-state index is 0.355. The first-order chi connectivity index (χ1) is 4.84. The number of rotatable bonds is 2. The Morgan fingerprint density at radius 1 is 1.60 bits per heavy atom. The summed E-state index contributed by atoms with van der Waals surface area (Å²) in [4.78, 5) is 17.8. The van der Waals surface area contributed by atoms with Gasteiger partial charge in [0, 0.05) is 18.0 Å². The van der Waals surface area contributed by atoms with Crippen LogP contribution in [0.4, 0.5) is 0 Å². The molecule has 0 saturated heterocycles. The third-order valence-corrected chi connectivity index (χ3v) is 1.03. The minimum atomic E-state index is 0.355. The first kappa shape index (κ1) is 6.61. The van der Waals surface area contributed by atoms with Crippen LogP contribution in [-0.2, 0) is 4.79 Å². The highest BCUT2D eigenvalue weighted by Crippen LogP contribution is 2.01. The van der Waals surface area contributed by atoms with Crippen LogP contribution in [0, 0.1) is 0 Å². The van der Waals surface area contributed by atoms with Gasteiger partial charge in [0.05, 0.1) is 11.9 Å². The number of carbonyl (C=O) groups is 1. The molecule has 1 aromatic rings. The number of aldehydes is 1. The second-order valence-corrected chi connectivity index (χ2v) is 1.73. The molecule has 10 heavy (non-hydrogen) atoms. The third kappa shape index (κ3) is 1.25. The Hall–Kier alpha value is -1.51. The molecule has 3 nitrogen and oxygen atoms in total. The van der Waals surface area contributed by atoms with E-state index in [1.165, 1.54) is 12.4 Å². The van der Waals surface area contributed by atoms with Crippen molar-refractivity contribution < 1.29 is 4.79 Å². The Kier molecular flexibility index (Phi) is 1.89. The van der Waals surface area contributed by atoms with Crippen LogP contribution < -0.4 is 0 Å².